The van der Waals surface area contributed by atoms with E-state index >= 15 is 0 Å². The van der Waals surface area contributed by atoms with Gasteiger partial charge in [0.25, 0.3) is 5.91 Å². The Bertz CT molecular complexity index is 1260. The number of carbonyl (C=O) groups excluding carboxylic acids is 3. The maximum Gasteiger partial charge on any atom is 0.414 e. The number of aliphatic hydroxyl groups excluding tert-OH is 1. The number of alkyl carbamates (subject to hydrolysis) is 1. The predicted molar refractivity (Wildman–Crippen MR) is 149 cm³/mol. The Morgan fingerprint density at radius 1 is 0.974 bits per heavy atom. The average molecular weight is 532 g/mol. The summed E-state index contributed by atoms with van der Waals surface area (Å²) in [5.74, 6) is -0.460. The number of aliphatic hydroxyl groups is 1. The number of nitrogens with one attached hydrogen (secondary N) is 2. The van der Waals surface area contributed by atoms with Crippen LogP contribution >= 0.6 is 0 Å². The van der Waals surface area contributed by atoms with Gasteiger partial charge in [-0.3, -0.25) is 14.9 Å². The summed E-state index contributed by atoms with van der Waals surface area (Å²) in [6.45, 7) is 1.98. The van der Waals surface area contributed by atoms with Crippen molar-refractivity contribution in [3.63, 3.8) is 0 Å². The van der Waals surface area contributed by atoms with Crippen molar-refractivity contribution in [2.75, 3.05) is 24.3 Å². The molecule has 3 aromatic rings. The van der Waals surface area contributed by atoms with Crippen molar-refractivity contribution in [2.45, 2.75) is 25.9 Å². The fraction of sp³-hybridized carbons (Fsp3) is 0.233. The lowest BCUT2D eigenvalue weighted by Crippen LogP contribution is -2.33. The molecular weight excluding hydrogens is 498 g/mol. The smallest absolute Gasteiger partial charge is 0.414 e. The molecule has 2 atom stereocenters. The summed E-state index contributed by atoms with van der Waals surface area (Å²) in [6.07, 6.45) is 2.77. The third-order valence-corrected chi connectivity index (χ3v) is 5.85. The Hall–Kier alpha value is -4.63. The summed E-state index contributed by atoms with van der Waals surface area (Å²) in [7, 11) is 0. The second kappa shape index (κ2) is 14.9. The molecule has 39 heavy (non-hydrogen) atoms. The Kier molecular flexibility index (Phi) is 11.1. The van der Waals surface area contributed by atoms with Gasteiger partial charge in [0, 0.05) is 5.56 Å². The van der Waals surface area contributed by atoms with Crippen LogP contribution in [0.25, 0.3) is 0 Å². The Morgan fingerprint density at radius 3 is 2.36 bits per heavy atom. The van der Waals surface area contributed by atoms with Crippen LogP contribution < -0.4 is 21.1 Å². The van der Waals surface area contributed by atoms with E-state index in [0.717, 1.165) is 0 Å². The van der Waals surface area contributed by atoms with Crippen molar-refractivity contribution >= 4 is 29.3 Å². The second-order valence-electron chi connectivity index (χ2n) is 8.82. The fourth-order valence-corrected chi connectivity index (χ4v) is 3.82. The van der Waals surface area contributed by atoms with E-state index in [9.17, 15) is 14.4 Å². The van der Waals surface area contributed by atoms with E-state index in [2.05, 4.69) is 10.6 Å². The molecule has 0 aliphatic heterocycles. The Morgan fingerprint density at radius 2 is 1.67 bits per heavy atom. The molecule has 3 rings (SSSR count). The van der Waals surface area contributed by atoms with Crippen LogP contribution in [-0.2, 0) is 9.53 Å². The number of benzene rings is 3. The Balaban J connectivity index is 1.63. The Labute approximate surface area is 227 Å². The molecule has 0 saturated heterocycles. The molecule has 0 aromatic heterocycles. The summed E-state index contributed by atoms with van der Waals surface area (Å²) < 4.78 is 11.1. The van der Waals surface area contributed by atoms with Gasteiger partial charge in [-0.25, -0.2) is 4.79 Å². The standard InChI is InChI=1S/C30H33N3O6/c1-21(9-5-8-14-27(35)32-26-13-7-6-12-25(26)31)28(22-15-17-24(18-16-22)38-20-19-34)39-30(37)33-29(36)23-10-3-2-4-11-23/h2-4,6-8,10-18,21,28,34H,5,9,19-20,31H2,1H3,(H,32,35)(H,33,36,37)/b14-8+/t21-,28-/m1/s1. The summed E-state index contributed by atoms with van der Waals surface area (Å²) in [5.41, 5.74) is 7.93. The van der Waals surface area contributed by atoms with Gasteiger partial charge in [-0.05, 0) is 66.8 Å². The zero-order chi connectivity index (χ0) is 28.0. The molecule has 9 heteroatoms. The number of hydrogen-bond acceptors (Lipinski definition) is 7. The highest BCUT2D eigenvalue weighted by molar-refractivity contribution is 6.03. The van der Waals surface area contributed by atoms with E-state index in [1.807, 2.05) is 6.92 Å². The molecule has 204 valence electrons. The first-order valence-electron chi connectivity index (χ1n) is 12.6. The van der Waals surface area contributed by atoms with Gasteiger partial charge in [0.15, 0.2) is 0 Å². The van der Waals surface area contributed by atoms with Crippen LogP contribution in [0.15, 0.2) is 91.0 Å². The zero-order valence-electron chi connectivity index (χ0n) is 21.7. The highest BCUT2D eigenvalue weighted by Crippen LogP contribution is 2.31. The van der Waals surface area contributed by atoms with Gasteiger partial charge in [0.05, 0.1) is 18.0 Å². The van der Waals surface area contributed by atoms with Crippen LogP contribution in [0.1, 0.15) is 41.8 Å². The quantitative estimate of drug-likeness (QED) is 0.193. The highest BCUT2D eigenvalue weighted by atomic mass is 16.6. The third-order valence-electron chi connectivity index (χ3n) is 5.85. The maximum absolute atomic E-state index is 12.7. The molecule has 0 heterocycles. The lowest BCUT2D eigenvalue weighted by Gasteiger charge is -2.24. The van der Waals surface area contributed by atoms with E-state index in [1.54, 1.807) is 84.9 Å². The van der Waals surface area contributed by atoms with E-state index in [-0.39, 0.29) is 25.0 Å². The monoisotopic (exact) mass is 531 g/mol. The minimum atomic E-state index is -0.864. The number of ether oxygens (including phenoxy) is 2. The van der Waals surface area contributed by atoms with Crippen molar-refractivity contribution in [1.29, 1.82) is 0 Å². The summed E-state index contributed by atoms with van der Waals surface area (Å²) in [6, 6.07) is 22.4. The number of nitrogens with two attached hydrogens (primary N) is 1. The molecule has 0 fully saturated rings. The molecule has 5 N–H and O–H groups in total. The van der Waals surface area contributed by atoms with Gasteiger partial charge in [-0.15, -0.1) is 0 Å². The first kappa shape index (κ1) is 28.9. The number of hydrogen-bond donors (Lipinski definition) is 4. The molecule has 3 amide bonds. The van der Waals surface area contributed by atoms with Gasteiger partial charge in [0.1, 0.15) is 18.5 Å². The minimum Gasteiger partial charge on any atom is -0.491 e. The fourth-order valence-electron chi connectivity index (χ4n) is 3.82. The first-order valence-corrected chi connectivity index (χ1v) is 12.6. The van der Waals surface area contributed by atoms with Crippen LogP contribution in [0.4, 0.5) is 16.2 Å². The number of anilines is 2. The molecule has 0 aliphatic rings. The van der Waals surface area contributed by atoms with Gasteiger partial charge in [-0.2, -0.15) is 0 Å². The minimum absolute atomic E-state index is 0.107. The average Bonchev–Trinajstić information content (AvgIpc) is 2.95. The van der Waals surface area contributed by atoms with Crippen LogP contribution in [-0.4, -0.2) is 36.2 Å². The van der Waals surface area contributed by atoms with E-state index in [1.165, 1.54) is 6.08 Å². The molecule has 0 saturated carbocycles. The van der Waals surface area contributed by atoms with E-state index in [0.29, 0.717) is 41.1 Å². The van der Waals surface area contributed by atoms with Gasteiger partial charge in [-0.1, -0.05) is 55.5 Å². The summed E-state index contributed by atoms with van der Waals surface area (Å²) >= 11 is 0. The second-order valence-corrected chi connectivity index (χ2v) is 8.82. The van der Waals surface area contributed by atoms with E-state index < -0.39 is 18.1 Å². The third kappa shape index (κ3) is 9.32. The molecule has 3 aromatic carbocycles. The number of allylic oxidation sites excluding steroid dienone is 1. The maximum atomic E-state index is 12.7. The van der Waals surface area contributed by atoms with Crippen molar-refractivity contribution in [3.05, 3.63) is 102 Å². The van der Waals surface area contributed by atoms with Crippen LogP contribution in [0, 0.1) is 5.92 Å². The number of para-hydroxylation sites is 2. The normalized spacial score (nSPS) is 12.4. The lowest BCUT2D eigenvalue weighted by molar-refractivity contribution is -0.111. The zero-order valence-corrected chi connectivity index (χ0v) is 21.7. The molecule has 0 aliphatic carbocycles. The van der Waals surface area contributed by atoms with Crippen LogP contribution in [0.2, 0.25) is 0 Å². The van der Waals surface area contributed by atoms with Crippen LogP contribution in [0.5, 0.6) is 5.75 Å². The van der Waals surface area contributed by atoms with Crippen LogP contribution in [0.3, 0.4) is 0 Å². The summed E-state index contributed by atoms with van der Waals surface area (Å²) in [4.78, 5) is 37.3. The van der Waals surface area contributed by atoms with Gasteiger partial charge >= 0.3 is 6.09 Å². The molecule has 0 unspecified atom stereocenters. The number of nitrogen functional groups attached to an aromatic ring is 1. The molecule has 0 bridgehead atoms. The highest BCUT2D eigenvalue weighted by Gasteiger charge is 2.24. The van der Waals surface area contributed by atoms with Gasteiger partial charge < -0.3 is 25.6 Å². The number of carbonyl (C=O) groups is 3. The van der Waals surface area contributed by atoms with Crippen molar-refractivity contribution in [3.8, 4) is 5.75 Å². The predicted octanol–water partition coefficient (Wildman–Crippen LogP) is 4.86. The topological polar surface area (TPSA) is 140 Å². The number of imide groups is 1. The number of amides is 3. The molecule has 0 spiro atoms. The SMILES string of the molecule is C[C@H](CC/C=C/C(=O)Nc1ccccc1N)[C@@H](OC(=O)NC(=O)c1ccccc1)c1ccc(OCCO)cc1. The van der Waals surface area contributed by atoms with Crippen molar-refractivity contribution in [1.82, 2.24) is 5.32 Å². The molecule has 0 radical (unpaired) electrons. The number of rotatable bonds is 12. The largest absolute Gasteiger partial charge is 0.491 e. The van der Waals surface area contributed by atoms with E-state index in [4.69, 9.17) is 20.3 Å². The van der Waals surface area contributed by atoms with Crippen molar-refractivity contribution < 1.29 is 29.0 Å². The van der Waals surface area contributed by atoms with Gasteiger partial charge in [0.2, 0.25) is 5.91 Å². The lowest BCUT2D eigenvalue weighted by atomic mass is 9.93. The van der Waals surface area contributed by atoms with Crippen molar-refractivity contribution in [2.24, 2.45) is 5.92 Å². The summed E-state index contributed by atoms with van der Waals surface area (Å²) in [5, 5.41) is 14.0. The molecular formula is C30H33N3O6. The first-order chi connectivity index (χ1) is 18.9. The molecule has 9 nitrogen and oxygen atoms in total.